The maximum Gasteiger partial charge on any atom is 0.472 e. The highest BCUT2D eigenvalue weighted by atomic mass is 31.2. The molecule has 0 radical (unpaired) electrons. The van der Waals surface area contributed by atoms with E-state index in [-0.39, 0.29) is 25.7 Å². The lowest BCUT2D eigenvalue weighted by Gasteiger charge is -2.21. The zero-order chi connectivity index (χ0) is 59.7. The molecular weight excluding hydrogens is 1070 g/mol. The Hall–Kier alpha value is -1.94. The quantitative estimate of drug-likeness (QED) is 0.0222. The van der Waals surface area contributed by atoms with Gasteiger partial charge in [-0.2, -0.15) is 0 Å². The Morgan fingerprint density at radius 2 is 0.600 bits per heavy atom. The molecule has 0 aromatic heterocycles. The third-order valence-corrected chi connectivity index (χ3v) is 16.4. The van der Waals surface area contributed by atoms with Gasteiger partial charge in [0.05, 0.1) is 26.4 Å². The highest BCUT2D eigenvalue weighted by molar-refractivity contribution is 7.47. The van der Waals surface area contributed by atoms with E-state index in [1.165, 1.54) is 83.5 Å². The van der Waals surface area contributed by atoms with Crippen LogP contribution in [-0.4, -0.2) is 96.7 Å². The number of hydrogen-bond acceptors (Lipinski definition) is 15. The monoisotopic (exact) mass is 1180 g/mol. The molecule has 80 heavy (non-hydrogen) atoms. The van der Waals surface area contributed by atoms with E-state index in [0.717, 1.165) is 114 Å². The summed E-state index contributed by atoms with van der Waals surface area (Å²) in [7, 11) is -9.88. The lowest BCUT2D eigenvalue weighted by Crippen LogP contribution is -2.30. The minimum Gasteiger partial charge on any atom is -0.462 e. The third kappa shape index (κ3) is 52.8. The van der Waals surface area contributed by atoms with Crippen molar-refractivity contribution in [2.45, 2.75) is 305 Å². The van der Waals surface area contributed by atoms with Gasteiger partial charge in [0.15, 0.2) is 12.2 Å². The van der Waals surface area contributed by atoms with Crippen LogP contribution in [0.4, 0.5) is 0 Å². The van der Waals surface area contributed by atoms with Crippen molar-refractivity contribution in [3.8, 4) is 0 Å². The third-order valence-electron chi connectivity index (χ3n) is 14.5. The molecule has 0 rings (SSSR count). The zero-order valence-corrected chi connectivity index (χ0v) is 53.5. The van der Waals surface area contributed by atoms with E-state index in [0.29, 0.717) is 31.6 Å². The molecule has 19 heteroatoms. The van der Waals surface area contributed by atoms with Gasteiger partial charge in [0.25, 0.3) is 0 Å². The first-order valence-corrected chi connectivity index (χ1v) is 34.8. The summed E-state index contributed by atoms with van der Waals surface area (Å²) in [4.78, 5) is 72.0. The lowest BCUT2D eigenvalue weighted by molar-refractivity contribution is -0.161. The molecule has 0 aromatic rings. The number of aliphatic hydroxyl groups is 1. The molecule has 7 atom stereocenters. The highest BCUT2D eigenvalue weighted by Gasteiger charge is 2.30. The van der Waals surface area contributed by atoms with E-state index in [1.807, 2.05) is 0 Å². The summed E-state index contributed by atoms with van der Waals surface area (Å²) >= 11 is 0. The Kier molecular flexibility index (Phi) is 50.2. The number of phosphoric ester groups is 2. The van der Waals surface area contributed by atoms with Gasteiger partial charge in [-0.25, -0.2) is 9.13 Å². The largest absolute Gasteiger partial charge is 0.472 e. The van der Waals surface area contributed by atoms with Crippen molar-refractivity contribution in [3.63, 3.8) is 0 Å². The van der Waals surface area contributed by atoms with E-state index in [9.17, 15) is 43.2 Å². The fourth-order valence-corrected chi connectivity index (χ4v) is 10.4. The van der Waals surface area contributed by atoms with Crippen LogP contribution in [0.1, 0.15) is 287 Å². The van der Waals surface area contributed by atoms with Gasteiger partial charge >= 0.3 is 39.5 Å². The van der Waals surface area contributed by atoms with Crippen LogP contribution in [0.2, 0.25) is 0 Å². The summed E-state index contributed by atoms with van der Waals surface area (Å²) in [5.74, 6) is 0.696. The van der Waals surface area contributed by atoms with Crippen LogP contribution >= 0.6 is 15.6 Å². The molecule has 0 aliphatic carbocycles. The Balaban J connectivity index is 5.26. The van der Waals surface area contributed by atoms with Crippen molar-refractivity contribution in [1.29, 1.82) is 0 Å². The van der Waals surface area contributed by atoms with Gasteiger partial charge in [0.1, 0.15) is 19.3 Å². The number of carbonyl (C=O) groups excluding carboxylic acids is 4. The molecule has 3 N–H and O–H groups in total. The molecule has 4 unspecified atom stereocenters. The maximum atomic E-state index is 12.9. The van der Waals surface area contributed by atoms with Gasteiger partial charge in [-0.3, -0.25) is 37.3 Å². The van der Waals surface area contributed by atoms with E-state index in [4.69, 9.17) is 37.0 Å². The smallest absolute Gasteiger partial charge is 0.462 e. The predicted molar refractivity (Wildman–Crippen MR) is 317 cm³/mol. The summed E-state index contributed by atoms with van der Waals surface area (Å²) in [5.41, 5.74) is 0. The van der Waals surface area contributed by atoms with E-state index < -0.39 is 97.5 Å². The predicted octanol–water partition coefficient (Wildman–Crippen LogP) is 16.2. The second kappa shape index (κ2) is 51.5. The molecule has 0 heterocycles. The maximum absolute atomic E-state index is 12.9. The molecule has 0 saturated carbocycles. The Bertz CT molecular complexity index is 1610. The van der Waals surface area contributed by atoms with Crippen molar-refractivity contribution in [3.05, 3.63) is 0 Å². The highest BCUT2D eigenvalue weighted by Crippen LogP contribution is 2.45. The van der Waals surface area contributed by atoms with Crippen molar-refractivity contribution in [2.75, 3.05) is 39.6 Å². The lowest BCUT2D eigenvalue weighted by atomic mass is 10.00. The number of carbonyl (C=O) groups is 4. The molecule has 0 amide bonds. The minimum atomic E-state index is -4.94. The molecule has 0 aliphatic rings. The summed E-state index contributed by atoms with van der Waals surface area (Å²) in [6, 6.07) is 0. The summed E-state index contributed by atoms with van der Waals surface area (Å²) in [6.45, 7) is 13.8. The van der Waals surface area contributed by atoms with E-state index in [2.05, 4.69) is 55.4 Å². The van der Waals surface area contributed by atoms with Crippen LogP contribution in [0.15, 0.2) is 0 Å². The van der Waals surface area contributed by atoms with Crippen molar-refractivity contribution in [1.82, 2.24) is 0 Å². The van der Waals surface area contributed by atoms with Crippen LogP contribution < -0.4 is 0 Å². The molecule has 0 bridgehead atoms. The number of esters is 4. The molecule has 0 aliphatic heterocycles. The molecule has 0 saturated heterocycles. The van der Waals surface area contributed by atoms with Gasteiger partial charge in [-0.1, -0.05) is 235 Å². The van der Waals surface area contributed by atoms with Crippen LogP contribution in [-0.2, 0) is 65.4 Å². The molecule has 17 nitrogen and oxygen atoms in total. The summed E-state index contributed by atoms with van der Waals surface area (Å²) in [5, 5.41) is 10.5. The first-order valence-electron chi connectivity index (χ1n) is 31.8. The average molecular weight is 1190 g/mol. The first-order chi connectivity index (χ1) is 38.2. The molecular formula is C61H118O17P2. The van der Waals surface area contributed by atoms with Crippen LogP contribution in [0.5, 0.6) is 0 Å². The van der Waals surface area contributed by atoms with E-state index in [1.54, 1.807) is 0 Å². The van der Waals surface area contributed by atoms with Crippen molar-refractivity contribution >= 4 is 39.5 Å². The fourth-order valence-electron chi connectivity index (χ4n) is 8.83. The Morgan fingerprint density at radius 1 is 0.350 bits per heavy atom. The van der Waals surface area contributed by atoms with Gasteiger partial charge in [-0.15, -0.1) is 0 Å². The van der Waals surface area contributed by atoms with Gasteiger partial charge in [-0.05, 0) is 49.4 Å². The number of aliphatic hydroxyl groups excluding tert-OH is 1. The second-order valence-electron chi connectivity index (χ2n) is 23.5. The Morgan fingerprint density at radius 3 is 0.887 bits per heavy atom. The number of phosphoric acid groups is 2. The SMILES string of the molecule is CCC(C)CCCCCCCCC(=O)O[C@H](COC(=O)CCCCCCCCCCC(C)C)COP(=O)(O)OC[C@@H](O)COP(=O)(O)OC[C@@H](COC(=O)CCCCCCCCC(C)C)OC(=O)CCCCCCCCC(C)CC. The van der Waals surface area contributed by atoms with Crippen LogP contribution in [0.3, 0.4) is 0 Å². The molecule has 0 fully saturated rings. The normalized spacial score (nSPS) is 15.2. The van der Waals surface area contributed by atoms with Gasteiger partial charge in [0, 0.05) is 25.7 Å². The summed E-state index contributed by atoms with van der Waals surface area (Å²) in [6.07, 6.45) is 29.6. The Labute approximate surface area is 486 Å². The minimum absolute atomic E-state index is 0.101. The van der Waals surface area contributed by atoms with Gasteiger partial charge < -0.3 is 33.8 Å². The second-order valence-corrected chi connectivity index (χ2v) is 26.4. The van der Waals surface area contributed by atoms with E-state index >= 15 is 0 Å². The first kappa shape index (κ1) is 78.1. The fraction of sp³-hybridized carbons (Fsp3) is 0.934. The van der Waals surface area contributed by atoms with Crippen LogP contribution in [0, 0.1) is 23.7 Å². The molecule has 0 aromatic carbocycles. The molecule has 474 valence electrons. The topological polar surface area (TPSA) is 237 Å². The number of unbranched alkanes of at least 4 members (excludes halogenated alkanes) is 22. The van der Waals surface area contributed by atoms with Crippen molar-refractivity contribution in [2.24, 2.45) is 23.7 Å². The van der Waals surface area contributed by atoms with Crippen molar-refractivity contribution < 1.29 is 80.2 Å². The zero-order valence-electron chi connectivity index (χ0n) is 51.7. The summed E-state index contributed by atoms with van der Waals surface area (Å²) < 4.78 is 67.8. The standard InChI is InChI=1S/C61H118O17P2/c1-9-53(7)39-31-23-16-19-27-35-43-60(65)77-56(47-71-58(63)41-33-25-14-12-11-13-21-29-37-51(3)4)49-75-79(67,68)73-45-55(62)46-74-80(69,70)76-50-57(48-72-59(64)42-34-26-18-15-22-30-38-52(5)6)78-61(66)44-36-28-20-17-24-32-40-54(8)10-2/h51-57,62H,9-50H2,1-8H3,(H,67,68)(H,69,70)/t53?,54?,55-,56-,57-/m1/s1. The van der Waals surface area contributed by atoms with Gasteiger partial charge in [0.2, 0.25) is 0 Å². The molecule has 0 spiro atoms. The number of rotatable bonds is 58. The number of hydrogen-bond donors (Lipinski definition) is 3. The number of ether oxygens (including phenoxy) is 4. The van der Waals surface area contributed by atoms with Crippen LogP contribution in [0.25, 0.3) is 0 Å². The average Bonchev–Trinajstić information content (AvgIpc) is 3.41.